The molecule has 1 aliphatic rings. The zero-order valence-electron chi connectivity index (χ0n) is 13.7. The number of esters is 1. The van der Waals surface area contributed by atoms with E-state index in [2.05, 4.69) is 9.73 Å². The second kappa shape index (κ2) is 8.42. The number of benzene rings is 1. The van der Waals surface area contributed by atoms with Crippen molar-refractivity contribution in [3.8, 4) is 5.75 Å². The second-order valence-corrected chi connectivity index (χ2v) is 5.16. The average molecular weight is 338 g/mol. The number of rotatable bonds is 6. The summed E-state index contributed by atoms with van der Waals surface area (Å²) in [5.74, 6) is 0.583. The van der Waals surface area contributed by atoms with E-state index in [9.17, 15) is 13.6 Å². The molecule has 0 saturated carbocycles. The maximum Gasteiger partial charge on any atom is 0.387 e. The molecular weight excluding hydrogens is 318 g/mol. The topological polar surface area (TPSA) is 51.1 Å². The van der Waals surface area contributed by atoms with E-state index in [0.717, 1.165) is 17.1 Å². The number of alkyl halides is 2. The van der Waals surface area contributed by atoms with E-state index >= 15 is 0 Å². The standard InChI is InChI=1S/C17H20F2N2O3/c1-3-15-20-14(5-4-10-21(15)11-16(22)23-2)12-6-8-13(9-7-12)24-17(18)19/h5-9,17H,3-4,10-11H2,1-2H3. The van der Waals surface area contributed by atoms with E-state index in [0.29, 0.717) is 19.4 Å². The number of hydrogen-bond donors (Lipinski definition) is 0. The third-order valence-electron chi connectivity index (χ3n) is 3.59. The lowest BCUT2D eigenvalue weighted by Crippen LogP contribution is -2.36. The van der Waals surface area contributed by atoms with Crippen molar-refractivity contribution < 1.29 is 23.0 Å². The highest BCUT2D eigenvalue weighted by atomic mass is 19.3. The first-order valence-electron chi connectivity index (χ1n) is 7.68. The van der Waals surface area contributed by atoms with Crippen LogP contribution in [0.1, 0.15) is 25.3 Å². The Morgan fingerprint density at radius 3 is 2.62 bits per heavy atom. The number of hydrogen-bond acceptors (Lipinski definition) is 5. The van der Waals surface area contributed by atoms with Crippen LogP contribution in [0.2, 0.25) is 0 Å². The largest absolute Gasteiger partial charge is 0.468 e. The minimum Gasteiger partial charge on any atom is -0.468 e. The van der Waals surface area contributed by atoms with Gasteiger partial charge in [-0.1, -0.05) is 13.0 Å². The van der Waals surface area contributed by atoms with Crippen LogP contribution in [-0.4, -0.2) is 43.5 Å². The SMILES string of the molecule is CCC1=NC(c2ccc(OC(F)F)cc2)=CCCN1CC(=O)OC. The first-order chi connectivity index (χ1) is 11.5. The lowest BCUT2D eigenvalue weighted by Gasteiger charge is -2.22. The lowest BCUT2D eigenvalue weighted by molar-refractivity contribution is -0.141. The summed E-state index contributed by atoms with van der Waals surface area (Å²) in [6, 6.07) is 6.35. The molecule has 0 aromatic heterocycles. The van der Waals surface area contributed by atoms with Crippen LogP contribution in [0, 0.1) is 0 Å². The number of nitrogens with zero attached hydrogens (tertiary/aromatic N) is 2. The van der Waals surface area contributed by atoms with Crippen LogP contribution in [0.4, 0.5) is 8.78 Å². The van der Waals surface area contributed by atoms with Crippen molar-refractivity contribution in [3.05, 3.63) is 35.9 Å². The van der Waals surface area contributed by atoms with Crippen molar-refractivity contribution in [1.29, 1.82) is 0 Å². The summed E-state index contributed by atoms with van der Waals surface area (Å²) in [5, 5.41) is 0. The summed E-state index contributed by atoms with van der Waals surface area (Å²) in [5.41, 5.74) is 1.56. The van der Waals surface area contributed by atoms with Crippen LogP contribution in [0.25, 0.3) is 5.70 Å². The Balaban J connectivity index is 2.18. The minimum atomic E-state index is -2.84. The van der Waals surface area contributed by atoms with Gasteiger partial charge in [-0.3, -0.25) is 4.79 Å². The van der Waals surface area contributed by atoms with Gasteiger partial charge in [0.15, 0.2) is 0 Å². The van der Waals surface area contributed by atoms with Gasteiger partial charge in [-0.2, -0.15) is 8.78 Å². The fourth-order valence-corrected chi connectivity index (χ4v) is 2.42. The van der Waals surface area contributed by atoms with Gasteiger partial charge in [0.25, 0.3) is 0 Å². The summed E-state index contributed by atoms with van der Waals surface area (Å²) in [6.07, 6.45) is 3.35. The number of carbonyl (C=O) groups excluding carboxylic acids is 1. The molecule has 2 rings (SSSR count). The Hall–Kier alpha value is -2.44. The van der Waals surface area contributed by atoms with Crippen molar-refractivity contribution in [2.45, 2.75) is 26.4 Å². The molecule has 5 nitrogen and oxygen atoms in total. The van der Waals surface area contributed by atoms with Gasteiger partial charge in [0.1, 0.15) is 18.1 Å². The molecule has 1 aliphatic heterocycles. The van der Waals surface area contributed by atoms with E-state index in [4.69, 9.17) is 4.74 Å². The number of halogens is 2. The number of methoxy groups -OCH3 is 1. The predicted octanol–water partition coefficient (Wildman–Crippen LogP) is 3.32. The number of aliphatic imine (C=N–C) groups is 1. The molecule has 0 bridgehead atoms. The normalized spacial score (nSPS) is 14.8. The first kappa shape index (κ1) is 17.9. The van der Waals surface area contributed by atoms with E-state index in [-0.39, 0.29) is 18.3 Å². The van der Waals surface area contributed by atoms with Crippen LogP contribution in [0.5, 0.6) is 5.75 Å². The second-order valence-electron chi connectivity index (χ2n) is 5.16. The van der Waals surface area contributed by atoms with Crippen molar-refractivity contribution in [3.63, 3.8) is 0 Å². The summed E-state index contributed by atoms with van der Waals surface area (Å²) >= 11 is 0. The summed E-state index contributed by atoms with van der Waals surface area (Å²) in [7, 11) is 1.36. The van der Waals surface area contributed by atoms with Crippen LogP contribution in [0.3, 0.4) is 0 Å². The maximum atomic E-state index is 12.2. The Kier molecular flexibility index (Phi) is 6.28. The van der Waals surface area contributed by atoms with E-state index in [1.165, 1.54) is 19.2 Å². The third kappa shape index (κ3) is 4.78. The number of ether oxygens (including phenoxy) is 2. The molecule has 1 aromatic rings. The molecule has 1 heterocycles. The quantitative estimate of drug-likeness (QED) is 0.747. The molecule has 130 valence electrons. The van der Waals surface area contributed by atoms with Gasteiger partial charge >= 0.3 is 12.6 Å². The molecule has 0 unspecified atom stereocenters. The van der Waals surface area contributed by atoms with Crippen molar-refractivity contribution in [2.75, 3.05) is 20.2 Å². The van der Waals surface area contributed by atoms with Gasteiger partial charge in [0, 0.05) is 18.5 Å². The molecule has 0 spiro atoms. The number of carbonyl (C=O) groups is 1. The van der Waals surface area contributed by atoms with Crippen LogP contribution in [-0.2, 0) is 9.53 Å². The molecule has 24 heavy (non-hydrogen) atoms. The molecule has 7 heteroatoms. The van der Waals surface area contributed by atoms with E-state index < -0.39 is 6.61 Å². The Morgan fingerprint density at radius 1 is 1.33 bits per heavy atom. The van der Waals surface area contributed by atoms with Crippen molar-refractivity contribution in [2.24, 2.45) is 4.99 Å². The summed E-state index contributed by atoms with van der Waals surface area (Å²) < 4.78 is 33.5. The zero-order valence-corrected chi connectivity index (χ0v) is 13.7. The fourth-order valence-electron chi connectivity index (χ4n) is 2.42. The van der Waals surface area contributed by atoms with Gasteiger partial charge < -0.3 is 14.4 Å². The molecule has 0 aliphatic carbocycles. The molecule has 0 amide bonds. The Labute approximate surface area is 139 Å². The molecule has 0 atom stereocenters. The van der Waals surface area contributed by atoms with Crippen molar-refractivity contribution in [1.82, 2.24) is 4.90 Å². The molecule has 0 saturated heterocycles. The molecule has 1 aromatic carbocycles. The van der Waals surface area contributed by atoms with Crippen molar-refractivity contribution >= 4 is 17.5 Å². The molecule has 0 fully saturated rings. The van der Waals surface area contributed by atoms with Crippen LogP contribution < -0.4 is 4.74 Å². The maximum absolute atomic E-state index is 12.2. The predicted molar refractivity (Wildman–Crippen MR) is 87.0 cm³/mol. The highest BCUT2D eigenvalue weighted by Gasteiger charge is 2.17. The van der Waals surface area contributed by atoms with Crippen LogP contribution >= 0.6 is 0 Å². The highest BCUT2D eigenvalue weighted by Crippen LogP contribution is 2.24. The van der Waals surface area contributed by atoms with Crippen LogP contribution in [0.15, 0.2) is 35.3 Å². The van der Waals surface area contributed by atoms with E-state index in [1.807, 2.05) is 17.9 Å². The first-order valence-corrected chi connectivity index (χ1v) is 7.68. The minimum absolute atomic E-state index is 0.106. The monoisotopic (exact) mass is 338 g/mol. The molecule has 0 N–H and O–H groups in total. The highest BCUT2D eigenvalue weighted by molar-refractivity contribution is 5.91. The van der Waals surface area contributed by atoms with Gasteiger partial charge in [0.05, 0.1) is 12.8 Å². The summed E-state index contributed by atoms with van der Waals surface area (Å²) in [6.45, 7) is -0.0564. The lowest BCUT2D eigenvalue weighted by atomic mass is 10.1. The Morgan fingerprint density at radius 2 is 2.04 bits per heavy atom. The average Bonchev–Trinajstić information content (AvgIpc) is 2.77. The van der Waals surface area contributed by atoms with E-state index in [1.54, 1.807) is 12.1 Å². The van der Waals surface area contributed by atoms with Gasteiger partial charge in [-0.15, -0.1) is 0 Å². The third-order valence-corrected chi connectivity index (χ3v) is 3.59. The number of amidine groups is 1. The fraction of sp³-hybridized carbons (Fsp3) is 0.412. The summed E-state index contributed by atoms with van der Waals surface area (Å²) in [4.78, 5) is 18.0. The van der Waals surface area contributed by atoms with Gasteiger partial charge in [0.2, 0.25) is 0 Å². The van der Waals surface area contributed by atoms with Gasteiger partial charge in [-0.05, 0) is 30.7 Å². The Bertz CT molecular complexity index is 627. The smallest absolute Gasteiger partial charge is 0.387 e. The van der Waals surface area contributed by atoms with Gasteiger partial charge in [-0.25, -0.2) is 4.99 Å². The molecular formula is C17H20F2N2O3. The molecule has 0 radical (unpaired) electrons. The zero-order chi connectivity index (χ0) is 17.5.